The summed E-state index contributed by atoms with van der Waals surface area (Å²) in [5.41, 5.74) is 0.690. The highest BCUT2D eigenvalue weighted by Gasteiger charge is 2.50. The zero-order valence-corrected chi connectivity index (χ0v) is 8.00. The lowest BCUT2D eigenvalue weighted by atomic mass is 9.84. The van der Waals surface area contributed by atoms with Crippen LogP contribution >= 0.6 is 0 Å². The number of esters is 1. The molecule has 0 saturated heterocycles. The summed E-state index contributed by atoms with van der Waals surface area (Å²) in [4.78, 5) is 11.6. The SMILES string of the molecule is CCOC(=O)C1(C)CC2CC1=CO2. The normalized spacial score (nSPS) is 35.5. The van der Waals surface area contributed by atoms with Crippen LogP contribution in [0.2, 0.25) is 0 Å². The summed E-state index contributed by atoms with van der Waals surface area (Å²) >= 11 is 0. The third kappa shape index (κ3) is 1.14. The third-order valence-electron chi connectivity index (χ3n) is 2.92. The van der Waals surface area contributed by atoms with Crippen molar-refractivity contribution < 1.29 is 14.3 Å². The maximum absolute atomic E-state index is 11.6. The Balaban J connectivity index is 2.17. The van der Waals surface area contributed by atoms with E-state index in [1.165, 1.54) is 0 Å². The minimum atomic E-state index is -0.404. The molecule has 1 aliphatic heterocycles. The molecule has 2 unspecified atom stereocenters. The molecule has 0 aromatic rings. The fourth-order valence-electron chi connectivity index (χ4n) is 2.09. The molecule has 0 aromatic carbocycles. The van der Waals surface area contributed by atoms with E-state index in [-0.39, 0.29) is 12.1 Å². The van der Waals surface area contributed by atoms with Crippen LogP contribution in [0.1, 0.15) is 26.7 Å². The van der Waals surface area contributed by atoms with Gasteiger partial charge in [0.2, 0.25) is 0 Å². The number of carbonyl (C=O) groups excluding carboxylic acids is 1. The Morgan fingerprint density at radius 1 is 1.85 bits per heavy atom. The van der Waals surface area contributed by atoms with Gasteiger partial charge in [-0.2, -0.15) is 0 Å². The molecule has 0 N–H and O–H groups in total. The van der Waals surface area contributed by atoms with Gasteiger partial charge in [-0.05, 0) is 19.4 Å². The Morgan fingerprint density at radius 2 is 2.62 bits per heavy atom. The van der Waals surface area contributed by atoms with E-state index in [4.69, 9.17) is 9.47 Å². The molecule has 2 aliphatic rings. The smallest absolute Gasteiger partial charge is 0.316 e. The van der Waals surface area contributed by atoms with Crippen molar-refractivity contribution in [3.63, 3.8) is 0 Å². The standard InChI is InChI=1S/C10H14O3/c1-3-12-9(11)10(2)5-8-4-7(10)6-13-8/h6,8H,3-5H2,1-2H3. The highest BCUT2D eigenvalue weighted by Crippen LogP contribution is 2.48. The van der Waals surface area contributed by atoms with Gasteiger partial charge in [0, 0.05) is 12.8 Å². The van der Waals surface area contributed by atoms with Crippen LogP contribution in [-0.4, -0.2) is 18.7 Å². The molecule has 3 heteroatoms. The van der Waals surface area contributed by atoms with E-state index in [9.17, 15) is 4.79 Å². The fraction of sp³-hybridized carbons (Fsp3) is 0.700. The monoisotopic (exact) mass is 182 g/mol. The van der Waals surface area contributed by atoms with Crippen molar-refractivity contribution in [1.29, 1.82) is 0 Å². The summed E-state index contributed by atoms with van der Waals surface area (Å²) < 4.78 is 10.4. The summed E-state index contributed by atoms with van der Waals surface area (Å²) in [5, 5.41) is 0. The summed E-state index contributed by atoms with van der Waals surface area (Å²) in [7, 11) is 0. The molecule has 2 atom stereocenters. The van der Waals surface area contributed by atoms with Gasteiger partial charge in [0.15, 0.2) is 0 Å². The van der Waals surface area contributed by atoms with Gasteiger partial charge in [-0.1, -0.05) is 0 Å². The van der Waals surface area contributed by atoms with Crippen molar-refractivity contribution in [2.75, 3.05) is 6.61 Å². The second-order valence-corrected chi connectivity index (χ2v) is 3.86. The van der Waals surface area contributed by atoms with E-state index in [1.54, 1.807) is 6.26 Å². The average molecular weight is 182 g/mol. The highest BCUT2D eigenvalue weighted by atomic mass is 16.5. The minimum Gasteiger partial charge on any atom is -0.498 e. The number of rotatable bonds is 2. The number of hydrogen-bond donors (Lipinski definition) is 0. The van der Waals surface area contributed by atoms with Gasteiger partial charge in [0.25, 0.3) is 0 Å². The van der Waals surface area contributed by atoms with Crippen molar-refractivity contribution >= 4 is 5.97 Å². The van der Waals surface area contributed by atoms with Gasteiger partial charge in [0.05, 0.1) is 18.3 Å². The van der Waals surface area contributed by atoms with E-state index in [0.29, 0.717) is 6.61 Å². The molecule has 3 nitrogen and oxygen atoms in total. The van der Waals surface area contributed by atoms with Gasteiger partial charge in [-0.15, -0.1) is 0 Å². The van der Waals surface area contributed by atoms with Crippen LogP contribution in [0.3, 0.4) is 0 Å². The molecule has 0 spiro atoms. The highest BCUT2D eigenvalue weighted by molar-refractivity contribution is 5.81. The molecule has 72 valence electrons. The van der Waals surface area contributed by atoms with E-state index in [1.807, 2.05) is 13.8 Å². The molecule has 0 amide bonds. The Morgan fingerprint density at radius 3 is 3.08 bits per heavy atom. The third-order valence-corrected chi connectivity index (χ3v) is 2.92. The summed E-state index contributed by atoms with van der Waals surface area (Å²) in [5.74, 6) is -0.105. The van der Waals surface area contributed by atoms with Gasteiger partial charge in [0.1, 0.15) is 6.10 Å². The molecule has 2 bridgehead atoms. The van der Waals surface area contributed by atoms with E-state index < -0.39 is 5.41 Å². The maximum Gasteiger partial charge on any atom is 0.316 e. The van der Waals surface area contributed by atoms with Crippen LogP contribution in [0.4, 0.5) is 0 Å². The number of hydrogen-bond acceptors (Lipinski definition) is 3. The van der Waals surface area contributed by atoms with Crippen molar-refractivity contribution in [2.45, 2.75) is 32.8 Å². The van der Waals surface area contributed by atoms with Crippen LogP contribution in [0, 0.1) is 5.41 Å². The van der Waals surface area contributed by atoms with Crippen LogP contribution in [-0.2, 0) is 14.3 Å². The number of fused-ring (bicyclic) bond motifs is 2. The Kier molecular flexibility index (Phi) is 1.82. The lowest BCUT2D eigenvalue weighted by Gasteiger charge is -2.25. The average Bonchev–Trinajstić information content (AvgIpc) is 2.64. The number of ether oxygens (including phenoxy) is 2. The zero-order chi connectivity index (χ0) is 9.47. The molecule has 0 aromatic heterocycles. The first-order valence-electron chi connectivity index (χ1n) is 4.69. The molecule has 0 radical (unpaired) electrons. The summed E-state index contributed by atoms with van der Waals surface area (Å²) in [6.45, 7) is 4.23. The van der Waals surface area contributed by atoms with Gasteiger partial charge < -0.3 is 9.47 Å². The maximum atomic E-state index is 11.6. The first-order chi connectivity index (χ1) is 6.16. The Labute approximate surface area is 77.7 Å². The topological polar surface area (TPSA) is 35.5 Å². The van der Waals surface area contributed by atoms with E-state index in [0.717, 1.165) is 18.4 Å². The molecule has 13 heavy (non-hydrogen) atoms. The zero-order valence-electron chi connectivity index (χ0n) is 8.00. The van der Waals surface area contributed by atoms with Gasteiger partial charge >= 0.3 is 5.97 Å². The van der Waals surface area contributed by atoms with Crippen molar-refractivity contribution in [1.82, 2.24) is 0 Å². The van der Waals surface area contributed by atoms with Crippen molar-refractivity contribution in [3.05, 3.63) is 11.8 Å². The van der Waals surface area contributed by atoms with E-state index >= 15 is 0 Å². The number of carbonyl (C=O) groups is 1. The molecule has 1 aliphatic carbocycles. The summed E-state index contributed by atoms with van der Waals surface area (Å²) in [6, 6.07) is 0. The first kappa shape index (κ1) is 8.60. The van der Waals surface area contributed by atoms with E-state index in [2.05, 4.69) is 0 Å². The Hall–Kier alpha value is -0.990. The van der Waals surface area contributed by atoms with Crippen LogP contribution in [0.5, 0.6) is 0 Å². The van der Waals surface area contributed by atoms with Crippen LogP contribution in [0.25, 0.3) is 0 Å². The van der Waals surface area contributed by atoms with Gasteiger partial charge in [-0.25, -0.2) is 0 Å². The first-order valence-corrected chi connectivity index (χ1v) is 4.69. The second-order valence-electron chi connectivity index (χ2n) is 3.86. The quantitative estimate of drug-likeness (QED) is 0.609. The molecular formula is C10H14O3. The second kappa shape index (κ2) is 2.76. The lowest BCUT2D eigenvalue weighted by Crippen LogP contribution is -2.31. The van der Waals surface area contributed by atoms with Crippen LogP contribution < -0.4 is 0 Å². The predicted molar refractivity (Wildman–Crippen MR) is 46.9 cm³/mol. The molecule has 1 saturated carbocycles. The Bertz CT molecular complexity index is 269. The molecule has 1 heterocycles. The van der Waals surface area contributed by atoms with Crippen molar-refractivity contribution in [2.24, 2.45) is 5.41 Å². The van der Waals surface area contributed by atoms with Crippen molar-refractivity contribution in [3.8, 4) is 0 Å². The molecular weight excluding hydrogens is 168 g/mol. The largest absolute Gasteiger partial charge is 0.498 e. The molecule has 2 rings (SSSR count). The summed E-state index contributed by atoms with van der Waals surface area (Å²) in [6.07, 6.45) is 3.61. The fourth-order valence-corrected chi connectivity index (χ4v) is 2.09. The predicted octanol–water partition coefficient (Wildman–Crippen LogP) is 1.63. The lowest BCUT2D eigenvalue weighted by molar-refractivity contribution is -0.153. The minimum absolute atomic E-state index is 0.105. The molecule has 1 fully saturated rings. The van der Waals surface area contributed by atoms with Gasteiger partial charge in [-0.3, -0.25) is 4.79 Å². The van der Waals surface area contributed by atoms with Crippen LogP contribution in [0.15, 0.2) is 11.8 Å².